The van der Waals surface area contributed by atoms with Crippen LogP contribution in [0.5, 0.6) is 5.75 Å². The van der Waals surface area contributed by atoms with Crippen molar-refractivity contribution >= 4 is 45.3 Å². The Morgan fingerprint density at radius 1 is 0.842 bits per heavy atom. The van der Waals surface area contributed by atoms with E-state index < -0.39 is 17.3 Å². The number of methoxy groups -OCH3 is 1. The summed E-state index contributed by atoms with van der Waals surface area (Å²) in [6.07, 6.45) is 1.92. The fourth-order valence-corrected chi connectivity index (χ4v) is 7.16. The zero-order valence-corrected chi connectivity index (χ0v) is 22.1. The third kappa shape index (κ3) is 3.07. The first-order valence-corrected chi connectivity index (χ1v) is 13.4. The molecule has 1 aliphatic heterocycles. The second kappa shape index (κ2) is 8.50. The Balaban J connectivity index is 1.48. The first kappa shape index (κ1) is 23.1. The molecule has 6 heteroatoms. The molecule has 2 amide bonds. The minimum atomic E-state index is -0.886. The van der Waals surface area contributed by atoms with E-state index in [1.54, 1.807) is 31.4 Å². The molecule has 4 aromatic carbocycles. The summed E-state index contributed by atoms with van der Waals surface area (Å²) in [6, 6.07) is 31.3. The molecule has 0 unspecified atom stereocenters. The maximum atomic E-state index is 14.4. The quantitative estimate of drug-likeness (QED) is 0.213. The highest BCUT2D eigenvalue weighted by molar-refractivity contribution is 9.10. The van der Waals surface area contributed by atoms with E-state index in [0.29, 0.717) is 11.4 Å². The molecule has 1 heterocycles. The Bertz CT molecular complexity index is 1600. The van der Waals surface area contributed by atoms with Gasteiger partial charge in [-0.25, -0.2) is 4.90 Å². The normalized spacial score (nSPS) is 24.9. The summed E-state index contributed by atoms with van der Waals surface area (Å²) >= 11 is 3.54. The monoisotopic (exact) mass is 562 g/mol. The smallest absolute Gasteiger partial charge is 0.239 e. The van der Waals surface area contributed by atoms with E-state index in [1.165, 1.54) is 4.90 Å². The van der Waals surface area contributed by atoms with Crippen molar-refractivity contribution in [1.29, 1.82) is 0 Å². The van der Waals surface area contributed by atoms with Crippen molar-refractivity contribution in [2.24, 2.45) is 16.8 Å². The fraction of sp³-hybridized carbons (Fsp3) is 0.156. The number of imide groups is 1. The molecule has 2 atom stereocenters. The Labute approximate surface area is 228 Å². The van der Waals surface area contributed by atoms with Crippen molar-refractivity contribution in [1.82, 2.24) is 0 Å². The largest absolute Gasteiger partial charge is 0.497 e. The Kier molecular flexibility index (Phi) is 5.17. The van der Waals surface area contributed by atoms with Gasteiger partial charge in [-0.05, 0) is 64.7 Å². The highest BCUT2D eigenvalue weighted by atomic mass is 79.9. The van der Waals surface area contributed by atoms with Crippen LogP contribution < -0.4 is 9.64 Å². The van der Waals surface area contributed by atoms with Crippen LogP contribution in [0.15, 0.2) is 107 Å². The molecule has 0 N–H and O–H groups in total. The zero-order valence-electron chi connectivity index (χ0n) is 20.5. The molecule has 1 fully saturated rings. The number of amides is 2. The summed E-state index contributed by atoms with van der Waals surface area (Å²) in [5.41, 5.74) is 4.71. The molecular formula is C32H23BrN2O3. The number of anilines is 1. The van der Waals surface area contributed by atoms with Crippen molar-refractivity contribution < 1.29 is 14.3 Å². The van der Waals surface area contributed by atoms with E-state index in [1.807, 2.05) is 54.7 Å². The molecular weight excluding hydrogens is 540 g/mol. The molecule has 3 aliphatic carbocycles. The Morgan fingerprint density at radius 3 is 2.13 bits per heavy atom. The molecule has 0 radical (unpaired) electrons. The zero-order chi connectivity index (χ0) is 26.0. The van der Waals surface area contributed by atoms with E-state index in [9.17, 15) is 9.59 Å². The van der Waals surface area contributed by atoms with Gasteiger partial charge in [0.15, 0.2) is 0 Å². The predicted octanol–water partition coefficient (Wildman–Crippen LogP) is 6.41. The van der Waals surface area contributed by atoms with E-state index in [-0.39, 0.29) is 17.7 Å². The summed E-state index contributed by atoms with van der Waals surface area (Å²) in [4.78, 5) is 34.9. The number of carbonyl (C=O) groups excluding carboxylic acids is 2. The van der Waals surface area contributed by atoms with Crippen LogP contribution in [0.25, 0.3) is 0 Å². The number of halogens is 1. The highest BCUT2D eigenvalue weighted by Crippen LogP contribution is 2.63. The van der Waals surface area contributed by atoms with Crippen LogP contribution in [0.1, 0.15) is 28.2 Å². The molecule has 0 aromatic heterocycles. The molecule has 38 heavy (non-hydrogen) atoms. The van der Waals surface area contributed by atoms with Gasteiger partial charge in [-0.15, -0.1) is 0 Å². The Morgan fingerprint density at radius 2 is 1.50 bits per heavy atom. The highest BCUT2D eigenvalue weighted by Gasteiger charge is 2.67. The van der Waals surface area contributed by atoms with E-state index in [2.05, 4.69) is 40.2 Å². The lowest BCUT2D eigenvalue weighted by atomic mass is 9.47. The van der Waals surface area contributed by atoms with Crippen molar-refractivity contribution in [3.05, 3.63) is 124 Å². The number of benzene rings is 4. The van der Waals surface area contributed by atoms with Crippen LogP contribution >= 0.6 is 15.9 Å². The molecule has 8 rings (SSSR count). The van der Waals surface area contributed by atoms with Crippen LogP contribution in [0, 0.1) is 11.8 Å². The summed E-state index contributed by atoms with van der Waals surface area (Å²) in [5, 5.41) is 0. The second-order valence-corrected chi connectivity index (χ2v) is 10.9. The minimum Gasteiger partial charge on any atom is -0.497 e. The SMILES string of the molecule is COc1ccc(N2C(=O)[C@@H]3C4c5ccccc5C(C=Nc5cccc(Br)c5)(c5ccccc54)[C@@H]3C2=O)cc1. The van der Waals surface area contributed by atoms with E-state index in [4.69, 9.17) is 9.73 Å². The van der Waals surface area contributed by atoms with Gasteiger partial charge in [0.25, 0.3) is 0 Å². The number of aliphatic imine (C=N–C) groups is 1. The fourth-order valence-electron chi connectivity index (χ4n) is 6.77. The third-order valence-electron chi connectivity index (χ3n) is 8.24. The molecule has 4 aliphatic rings. The lowest BCUT2D eigenvalue weighted by molar-refractivity contribution is -0.122. The van der Waals surface area contributed by atoms with E-state index in [0.717, 1.165) is 32.4 Å². The molecule has 1 saturated heterocycles. The van der Waals surface area contributed by atoms with Gasteiger partial charge in [0.05, 0.1) is 35.7 Å². The lowest BCUT2D eigenvalue weighted by Gasteiger charge is -2.52. The maximum Gasteiger partial charge on any atom is 0.239 e. The number of rotatable bonds is 4. The van der Waals surface area contributed by atoms with Gasteiger partial charge in [-0.1, -0.05) is 70.5 Å². The number of hydrogen-bond acceptors (Lipinski definition) is 4. The summed E-state index contributed by atoms with van der Waals surface area (Å²) < 4.78 is 6.22. The number of ether oxygens (including phenoxy) is 1. The van der Waals surface area contributed by atoms with Crippen LogP contribution in [0.4, 0.5) is 11.4 Å². The van der Waals surface area contributed by atoms with Gasteiger partial charge >= 0.3 is 0 Å². The minimum absolute atomic E-state index is 0.167. The second-order valence-electron chi connectivity index (χ2n) is 9.97. The topological polar surface area (TPSA) is 59.0 Å². The number of carbonyl (C=O) groups is 2. The van der Waals surface area contributed by atoms with Gasteiger partial charge < -0.3 is 4.74 Å². The maximum absolute atomic E-state index is 14.4. The summed E-state index contributed by atoms with van der Waals surface area (Å²) in [7, 11) is 1.59. The Hall–Kier alpha value is -4.03. The van der Waals surface area contributed by atoms with Crippen LogP contribution in [-0.2, 0) is 15.0 Å². The van der Waals surface area contributed by atoms with Crippen LogP contribution in [-0.4, -0.2) is 25.1 Å². The molecule has 5 nitrogen and oxygen atoms in total. The van der Waals surface area contributed by atoms with Crippen molar-refractivity contribution in [2.75, 3.05) is 12.0 Å². The van der Waals surface area contributed by atoms with Gasteiger partial charge in [0, 0.05) is 16.6 Å². The molecule has 0 saturated carbocycles. The van der Waals surface area contributed by atoms with Gasteiger partial charge in [0.2, 0.25) is 11.8 Å². The average molecular weight is 563 g/mol. The predicted molar refractivity (Wildman–Crippen MR) is 150 cm³/mol. The third-order valence-corrected chi connectivity index (χ3v) is 8.73. The van der Waals surface area contributed by atoms with Crippen molar-refractivity contribution in [3.8, 4) is 5.75 Å². The van der Waals surface area contributed by atoms with Gasteiger partial charge in [0.1, 0.15) is 5.75 Å². The number of hydrogen-bond donors (Lipinski definition) is 0. The van der Waals surface area contributed by atoms with Gasteiger partial charge in [-0.2, -0.15) is 0 Å². The van der Waals surface area contributed by atoms with Crippen LogP contribution in [0.3, 0.4) is 0 Å². The van der Waals surface area contributed by atoms with Crippen molar-refractivity contribution in [3.63, 3.8) is 0 Å². The lowest BCUT2D eigenvalue weighted by Crippen LogP contribution is -2.54. The standard InChI is InChI=1S/C32H23BrN2O3/c1-38-22-15-13-21(14-16-22)35-30(36)28-27-23-9-2-4-11-25(23)32(29(28)31(35)37,26-12-5-3-10-24(26)27)18-34-20-8-6-7-19(33)17-20/h2-18,27-29H,1H3/t27?,28-,29+,32?/m1/s1. The molecule has 186 valence electrons. The summed E-state index contributed by atoms with van der Waals surface area (Å²) in [6.45, 7) is 0. The first-order chi connectivity index (χ1) is 18.5. The first-order valence-electron chi connectivity index (χ1n) is 12.6. The van der Waals surface area contributed by atoms with E-state index >= 15 is 0 Å². The van der Waals surface area contributed by atoms with Crippen molar-refractivity contribution in [2.45, 2.75) is 11.3 Å². The number of nitrogens with zero attached hydrogens (tertiary/aromatic N) is 2. The summed E-state index contributed by atoms with van der Waals surface area (Å²) in [5.74, 6) is -1.03. The molecule has 0 spiro atoms. The average Bonchev–Trinajstić information content (AvgIpc) is 3.23. The van der Waals surface area contributed by atoms with Crippen LogP contribution in [0.2, 0.25) is 0 Å². The molecule has 4 aromatic rings. The van der Waals surface area contributed by atoms with Gasteiger partial charge in [-0.3, -0.25) is 14.6 Å². The molecule has 2 bridgehead atoms.